The Labute approximate surface area is 110 Å². The fourth-order valence-electron chi connectivity index (χ4n) is 1.75. The van der Waals surface area contributed by atoms with Gasteiger partial charge in [-0.15, -0.1) is 0 Å². The van der Waals surface area contributed by atoms with E-state index in [1.165, 1.54) is 0 Å². The number of nitrogens with two attached hydrogens (primary N) is 1. The summed E-state index contributed by atoms with van der Waals surface area (Å²) < 4.78 is 5.00. The number of aryl methyl sites for hydroxylation is 2. The van der Waals surface area contributed by atoms with Gasteiger partial charge in [-0.3, -0.25) is 9.89 Å². The molecule has 0 unspecified atom stereocenters. The lowest BCUT2D eigenvalue weighted by molar-refractivity contribution is 0.0943. The number of carbonyl (C=O) groups excluding carboxylic acids is 1. The Morgan fingerprint density at radius 3 is 3.00 bits per heavy atom. The van der Waals surface area contributed by atoms with Gasteiger partial charge in [0.15, 0.2) is 11.5 Å². The molecule has 2 aromatic rings. The van der Waals surface area contributed by atoms with Crippen LogP contribution in [0.5, 0.6) is 0 Å². The molecule has 2 heterocycles. The number of H-pyrrole nitrogens is 1. The second kappa shape index (κ2) is 5.55. The second-order valence-electron chi connectivity index (χ2n) is 4.33. The molecule has 0 aliphatic heterocycles. The van der Waals surface area contributed by atoms with Crippen molar-refractivity contribution in [2.24, 2.45) is 0 Å². The number of hydrogen-bond acceptors (Lipinski definition) is 5. The van der Waals surface area contributed by atoms with Gasteiger partial charge in [0.25, 0.3) is 5.91 Å². The molecule has 0 saturated heterocycles. The van der Waals surface area contributed by atoms with Crippen LogP contribution in [0.1, 0.15) is 41.0 Å². The van der Waals surface area contributed by atoms with Crippen LogP contribution in [0, 0.1) is 6.92 Å². The third-order valence-corrected chi connectivity index (χ3v) is 2.70. The first kappa shape index (κ1) is 13.1. The summed E-state index contributed by atoms with van der Waals surface area (Å²) >= 11 is 0. The standard InChI is InChI=1S/C12H17N5O2/c1-3-4-9-10(13)11(16-15-9)12(18)14-6-8-5-7(2)17-19-8/h5H,3-4,6,13H2,1-2H3,(H,14,18)(H,15,16). The van der Waals surface area contributed by atoms with Gasteiger partial charge in [0.2, 0.25) is 0 Å². The van der Waals surface area contributed by atoms with Crippen molar-refractivity contribution in [2.75, 3.05) is 5.73 Å². The lowest BCUT2D eigenvalue weighted by Gasteiger charge is -2.01. The maximum atomic E-state index is 11.9. The number of anilines is 1. The summed E-state index contributed by atoms with van der Waals surface area (Å²) in [4.78, 5) is 11.9. The number of aromatic nitrogens is 3. The average Bonchev–Trinajstić information content (AvgIpc) is 2.95. The van der Waals surface area contributed by atoms with Gasteiger partial charge in [-0.2, -0.15) is 5.10 Å². The molecular weight excluding hydrogens is 246 g/mol. The maximum Gasteiger partial charge on any atom is 0.274 e. The zero-order valence-corrected chi connectivity index (χ0v) is 11.0. The molecule has 1 amide bonds. The van der Waals surface area contributed by atoms with E-state index in [1.54, 1.807) is 6.07 Å². The molecule has 102 valence electrons. The van der Waals surface area contributed by atoms with Crippen LogP contribution in [0.15, 0.2) is 10.6 Å². The minimum atomic E-state index is -0.329. The van der Waals surface area contributed by atoms with E-state index in [2.05, 4.69) is 20.7 Å². The fraction of sp³-hybridized carbons (Fsp3) is 0.417. The zero-order valence-electron chi connectivity index (χ0n) is 11.0. The van der Waals surface area contributed by atoms with Crippen LogP contribution in [-0.4, -0.2) is 21.3 Å². The fourth-order valence-corrected chi connectivity index (χ4v) is 1.75. The number of nitrogens with zero attached hydrogens (tertiary/aromatic N) is 2. The average molecular weight is 263 g/mol. The Balaban J connectivity index is 2.00. The summed E-state index contributed by atoms with van der Waals surface area (Å²) in [6.45, 7) is 4.11. The Morgan fingerprint density at radius 1 is 1.58 bits per heavy atom. The molecule has 0 fully saturated rings. The molecule has 0 bridgehead atoms. The molecule has 0 aliphatic carbocycles. The first-order valence-corrected chi connectivity index (χ1v) is 6.15. The van der Waals surface area contributed by atoms with E-state index in [0.29, 0.717) is 11.4 Å². The molecule has 0 spiro atoms. The van der Waals surface area contributed by atoms with Crippen LogP contribution >= 0.6 is 0 Å². The number of carbonyl (C=O) groups is 1. The minimum Gasteiger partial charge on any atom is -0.395 e. The van der Waals surface area contributed by atoms with E-state index in [9.17, 15) is 4.79 Å². The smallest absolute Gasteiger partial charge is 0.274 e. The largest absolute Gasteiger partial charge is 0.395 e. The van der Waals surface area contributed by atoms with Gasteiger partial charge in [-0.25, -0.2) is 0 Å². The molecule has 7 nitrogen and oxygen atoms in total. The Hall–Kier alpha value is -2.31. The van der Waals surface area contributed by atoms with E-state index in [4.69, 9.17) is 10.3 Å². The predicted molar refractivity (Wildman–Crippen MR) is 69.4 cm³/mol. The number of nitrogen functional groups attached to an aromatic ring is 1. The van der Waals surface area contributed by atoms with E-state index >= 15 is 0 Å². The molecule has 0 radical (unpaired) electrons. The summed E-state index contributed by atoms with van der Waals surface area (Å²) in [6, 6.07) is 1.76. The highest BCUT2D eigenvalue weighted by Crippen LogP contribution is 2.15. The summed E-state index contributed by atoms with van der Waals surface area (Å²) in [5.41, 5.74) is 8.07. The van der Waals surface area contributed by atoms with E-state index < -0.39 is 0 Å². The summed E-state index contributed by atoms with van der Waals surface area (Å²) in [5.74, 6) is 0.263. The van der Waals surface area contributed by atoms with Crippen LogP contribution < -0.4 is 11.1 Å². The van der Waals surface area contributed by atoms with Gasteiger partial charge in [-0.05, 0) is 13.3 Å². The lowest BCUT2D eigenvalue weighted by Crippen LogP contribution is -2.23. The summed E-state index contributed by atoms with van der Waals surface area (Å²) in [6.07, 6.45) is 1.71. The van der Waals surface area contributed by atoms with E-state index in [0.717, 1.165) is 24.2 Å². The molecule has 0 atom stereocenters. The molecule has 4 N–H and O–H groups in total. The Bertz CT molecular complexity index is 572. The van der Waals surface area contributed by atoms with Crippen LogP contribution in [0.25, 0.3) is 0 Å². The number of hydrogen-bond donors (Lipinski definition) is 3. The number of nitrogens with one attached hydrogen (secondary N) is 2. The Kier molecular flexibility index (Phi) is 3.84. The third kappa shape index (κ3) is 2.93. The van der Waals surface area contributed by atoms with Crippen molar-refractivity contribution in [3.8, 4) is 0 Å². The number of amides is 1. The van der Waals surface area contributed by atoms with Crippen molar-refractivity contribution in [3.05, 3.63) is 28.9 Å². The normalized spacial score (nSPS) is 10.6. The zero-order chi connectivity index (χ0) is 13.8. The van der Waals surface area contributed by atoms with E-state index in [1.807, 2.05) is 13.8 Å². The van der Waals surface area contributed by atoms with E-state index in [-0.39, 0.29) is 18.1 Å². The van der Waals surface area contributed by atoms with Crippen molar-refractivity contribution >= 4 is 11.6 Å². The predicted octanol–water partition coefficient (Wildman–Crippen LogP) is 1.17. The van der Waals surface area contributed by atoms with Crippen molar-refractivity contribution in [1.29, 1.82) is 0 Å². The topological polar surface area (TPSA) is 110 Å². The van der Waals surface area contributed by atoms with Crippen LogP contribution in [0.2, 0.25) is 0 Å². The maximum absolute atomic E-state index is 11.9. The van der Waals surface area contributed by atoms with Gasteiger partial charge in [-0.1, -0.05) is 18.5 Å². The van der Waals surface area contributed by atoms with Gasteiger partial charge in [0, 0.05) is 6.07 Å². The number of rotatable bonds is 5. The molecule has 19 heavy (non-hydrogen) atoms. The van der Waals surface area contributed by atoms with Crippen LogP contribution in [-0.2, 0) is 13.0 Å². The first-order chi connectivity index (χ1) is 9.11. The third-order valence-electron chi connectivity index (χ3n) is 2.70. The van der Waals surface area contributed by atoms with Gasteiger partial charge in [0.05, 0.1) is 23.6 Å². The van der Waals surface area contributed by atoms with Gasteiger partial charge >= 0.3 is 0 Å². The Morgan fingerprint density at radius 2 is 2.37 bits per heavy atom. The van der Waals surface area contributed by atoms with Crippen LogP contribution in [0.4, 0.5) is 5.69 Å². The van der Waals surface area contributed by atoms with Gasteiger partial charge < -0.3 is 15.6 Å². The molecule has 7 heteroatoms. The molecule has 0 aromatic carbocycles. The monoisotopic (exact) mass is 263 g/mol. The first-order valence-electron chi connectivity index (χ1n) is 6.15. The highest BCUT2D eigenvalue weighted by Gasteiger charge is 2.16. The molecular formula is C12H17N5O2. The van der Waals surface area contributed by atoms with Crippen LogP contribution in [0.3, 0.4) is 0 Å². The molecule has 2 aromatic heterocycles. The summed E-state index contributed by atoms with van der Waals surface area (Å²) in [5, 5.41) is 13.2. The molecule has 0 aliphatic rings. The second-order valence-corrected chi connectivity index (χ2v) is 4.33. The van der Waals surface area contributed by atoms with Crippen molar-refractivity contribution in [2.45, 2.75) is 33.2 Å². The summed E-state index contributed by atoms with van der Waals surface area (Å²) in [7, 11) is 0. The van der Waals surface area contributed by atoms with Crippen molar-refractivity contribution in [3.63, 3.8) is 0 Å². The highest BCUT2D eigenvalue weighted by molar-refractivity contribution is 5.97. The minimum absolute atomic E-state index is 0.222. The van der Waals surface area contributed by atoms with Gasteiger partial charge in [0.1, 0.15) is 0 Å². The lowest BCUT2D eigenvalue weighted by atomic mass is 10.2. The highest BCUT2D eigenvalue weighted by atomic mass is 16.5. The number of aromatic amines is 1. The SMILES string of the molecule is CCCc1[nH]nc(C(=O)NCc2cc(C)no2)c1N. The molecule has 2 rings (SSSR count). The van der Waals surface area contributed by atoms with Crippen molar-refractivity contribution < 1.29 is 9.32 Å². The quantitative estimate of drug-likeness (QED) is 0.750. The van der Waals surface area contributed by atoms with Crippen molar-refractivity contribution in [1.82, 2.24) is 20.7 Å². The molecule has 0 saturated carbocycles.